The fourth-order valence-corrected chi connectivity index (χ4v) is 2.00. The van der Waals surface area contributed by atoms with Crippen LogP contribution in [0.5, 0.6) is 0 Å². The fraction of sp³-hybridized carbons (Fsp3) is 0.429. The van der Waals surface area contributed by atoms with Crippen molar-refractivity contribution in [2.75, 3.05) is 13.3 Å². The summed E-state index contributed by atoms with van der Waals surface area (Å²) in [6.07, 6.45) is -0.355. The average Bonchev–Trinajstić information content (AvgIpc) is 2.41. The van der Waals surface area contributed by atoms with Gasteiger partial charge >= 0.3 is 11.9 Å². The molecule has 20 heavy (non-hydrogen) atoms. The number of rotatable bonds is 7. The molecule has 110 valence electrons. The molecule has 0 radical (unpaired) electrons. The minimum atomic E-state index is -2.00. The molecule has 0 spiro atoms. The van der Waals surface area contributed by atoms with Crippen LogP contribution in [0, 0.1) is 5.82 Å². The zero-order chi connectivity index (χ0) is 15.2. The topological polar surface area (TPSA) is 63.6 Å². The lowest BCUT2D eigenvalue weighted by Gasteiger charge is -2.27. The first kappa shape index (κ1) is 16.1. The molecule has 0 heterocycles. The molecule has 4 nitrogen and oxygen atoms in total. The summed E-state index contributed by atoms with van der Waals surface area (Å²) >= 11 is 0. The van der Waals surface area contributed by atoms with Crippen molar-refractivity contribution >= 4 is 11.9 Å². The number of carbonyl (C=O) groups excluding carboxylic acids is 1. The molecule has 0 fully saturated rings. The van der Waals surface area contributed by atoms with Crippen LogP contribution in [0.15, 0.2) is 24.3 Å². The molecular formula is C14H16F2O4. The van der Waals surface area contributed by atoms with Gasteiger partial charge in [-0.1, -0.05) is 12.1 Å². The van der Waals surface area contributed by atoms with Crippen LogP contribution in [0.1, 0.15) is 25.3 Å². The number of hydrogen-bond donors (Lipinski definition) is 1. The molecule has 1 rings (SSSR count). The molecule has 0 amide bonds. The summed E-state index contributed by atoms with van der Waals surface area (Å²) in [6, 6.07) is 4.53. The van der Waals surface area contributed by atoms with Crippen molar-refractivity contribution < 1.29 is 28.2 Å². The molecule has 1 unspecified atom stereocenters. The van der Waals surface area contributed by atoms with Gasteiger partial charge in [0.2, 0.25) is 0 Å². The van der Waals surface area contributed by atoms with E-state index in [1.54, 1.807) is 6.92 Å². The number of halogens is 2. The monoisotopic (exact) mass is 286 g/mol. The first-order valence-electron chi connectivity index (χ1n) is 6.21. The largest absolute Gasteiger partial charge is 0.480 e. The summed E-state index contributed by atoms with van der Waals surface area (Å²) in [5.74, 6) is -2.95. The molecule has 0 saturated carbocycles. The second-order valence-corrected chi connectivity index (χ2v) is 4.23. The van der Waals surface area contributed by atoms with E-state index in [1.165, 1.54) is 12.1 Å². The number of carbonyl (C=O) groups is 2. The van der Waals surface area contributed by atoms with Gasteiger partial charge in [-0.05, 0) is 37.5 Å². The predicted molar refractivity (Wildman–Crippen MR) is 67.6 cm³/mol. The Labute approximate surface area is 115 Å². The van der Waals surface area contributed by atoms with E-state index in [2.05, 4.69) is 0 Å². The second-order valence-electron chi connectivity index (χ2n) is 4.23. The fourth-order valence-electron chi connectivity index (χ4n) is 2.00. The molecule has 0 bridgehead atoms. The lowest BCUT2D eigenvalue weighted by Crippen LogP contribution is -2.45. The highest BCUT2D eigenvalue weighted by molar-refractivity contribution is 6.05. The van der Waals surface area contributed by atoms with Crippen LogP contribution in [0.2, 0.25) is 0 Å². The van der Waals surface area contributed by atoms with E-state index < -0.39 is 29.8 Å². The highest BCUT2D eigenvalue weighted by atomic mass is 19.1. The van der Waals surface area contributed by atoms with Gasteiger partial charge in [0, 0.05) is 0 Å². The van der Waals surface area contributed by atoms with E-state index in [9.17, 15) is 23.5 Å². The van der Waals surface area contributed by atoms with Crippen LogP contribution in [0.25, 0.3) is 0 Å². The van der Waals surface area contributed by atoms with Gasteiger partial charge < -0.3 is 9.84 Å². The Morgan fingerprint density at radius 2 is 1.90 bits per heavy atom. The normalized spacial score (nSPS) is 13.6. The number of carboxylic acids is 1. The van der Waals surface area contributed by atoms with Gasteiger partial charge in [0.05, 0.1) is 13.3 Å². The van der Waals surface area contributed by atoms with Crippen molar-refractivity contribution in [1.82, 2.24) is 0 Å². The third-order valence-electron chi connectivity index (χ3n) is 3.01. The molecule has 1 aromatic rings. The van der Waals surface area contributed by atoms with E-state index in [0.29, 0.717) is 0 Å². The number of aliphatic carboxylic acids is 1. The van der Waals surface area contributed by atoms with Crippen molar-refractivity contribution in [2.24, 2.45) is 0 Å². The van der Waals surface area contributed by atoms with Gasteiger partial charge in [-0.15, -0.1) is 0 Å². The van der Waals surface area contributed by atoms with E-state index in [-0.39, 0.29) is 25.0 Å². The van der Waals surface area contributed by atoms with Gasteiger partial charge in [-0.3, -0.25) is 14.0 Å². The molecule has 1 N–H and O–H groups in total. The van der Waals surface area contributed by atoms with Crippen molar-refractivity contribution in [2.45, 2.75) is 25.2 Å². The van der Waals surface area contributed by atoms with Crippen LogP contribution in [0.4, 0.5) is 8.78 Å². The summed E-state index contributed by atoms with van der Waals surface area (Å²) in [4.78, 5) is 23.7. The van der Waals surface area contributed by atoms with Crippen LogP contribution in [0.3, 0.4) is 0 Å². The Bertz CT molecular complexity index is 473. The second kappa shape index (κ2) is 6.98. The van der Waals surface area contributed by atoms with Gasteiger partial charge in [0.25, 0.3) is 0 Å². The number of hydrogen-bond acceptors (Lipinski definition) is 3. The zero-order valence-corrected chi connectivity index (χ0v) is 11.1. The molecule has 1 aromatic carbocycles. The lowest BCUT2D eigenvalue weighted by molar-refractivity contribution is -0.162. The number of benzene rings is 1. The van der Waals surface area contributed by atoms with Crippen molar-refractivity contribution in [3.63, 3.8) is 0 Å². The molecule has 6 heteroatoms. The SMILES string of the molecule is CCOC(=O)C(CCCF)(C(=O)O)c1ccc(F)cc1. The van der Waals surface area contributed by atoms with Crippen molar-refractivity contribution in [3.8, 4) is 0 Å². The number of carboxylic acid groups (broad SMARTS) is 1. The Kier molecular flexibility index (Phi) is 5.61. The lowest BCUT2D eigenvalue weighted by atomic mass is 9.76. The summed E-state index contributed by atoms with van der Waals surface area (Å²) in [7, 11) is 0. The minimum Gasteiger partial charge on any atom is -0.480 e. The first-order valence-corrected chi connectivity index (χ1v) is 6.21. The predicted octanol–water partition coefficient (Wildman–Crippen LogP) is 2.46. The molecule has 1 atom stereocenters. The summed E-state index contributed by atoms with van der Waals surface area (Å²) in [6.45, 7) is 0.796. The van der Waals surface area contributed by atoms with Crippen molar-refractivity contribution in [1.29, 1.82) is 0 Å². The van der Waals surface area contributed by atoms with E-state index in [0.717, 1.165) is 12.1 Å². The quantitative estimate of drug-likeness (QED) is 0.617. The van der Waals surface area contributed by atoms with E-state index in [4.69, 9.17) is 4.74 Å². The Balaban J connectivity index is 3.31. The summed E-state index contributed by atoms with van der Waals surface area (Å²) < 4.78 is 30.2. The number of esters is 1. The standard InChI is InChI=1S/C14H16F2O4/c1-2-20-13(19)14(12(17)18,8-3-9-15)10-4-6-11(16)7-5-10/h4-7H,2-3,8-9H2,1H3,(H,17,18). The summed E-state index contributed by atoms with van der Waals surface area (Å²) in [5.41, 5.74) is -1.92. The molecule has 0 aliphatic heterocycles. The van der Waals surface area contributed by atoms with Crippen molar-refractivity contribution in [3.05, 3.63) is 35.6 Å². The van der Waals surface area contributed by atoms with Crippen LogP contribution in [-0.4, -0.2) is 30.3 Å². The van der Waals surface area contributed by atoms with Crippen LogP contribution >= 0.6 is 0 Å². The maximum absolute atomic E-state index is 13.0. The number of ether oxygens (including phenoxy) is 1. The maximum Gasteiger partial charge on any atom is 0.328 e. The van der Waals surface area contributed by atoms with E-state index in [1.807, 2.05) is 0 Å². The van der Waals surface area contributed by atoms with Gasteiger partial charge in [0.1, 0.15) is 5.82 Å². The Morgan fingerprint density at radius 1 is 1.30 bits per heavy atom. The number of alkyl halides is 1. The molecule has 0 aromatic heterocycles. The highest BCUT2D eigenvalue weighted by Crippen LogP contribution is 2.32. The third-order valence-corrected chi connectivity index (χ3v) is 3.01. The average molecular weight is 286 g/mol. The Hall–Kier alpha value is -1.98. The van der Waals surface area contributed by atoms with Gasteiger partial charge in [0.15, 0.2) is 5.41 Å². The van der Waals surface area contributed by atoms with E-state index >= 15 is 0 Å². The molecule has 0 aliphatic carbocycles. The van der Waals surface area contributed by atoms with Crippen LogP contribution < -0.4 is 0 Å². The third kappa shape index (κ3) is 3.12. The Morgan fingerprint density at radius 3 is 2.35 bits per heavy atom. The molecule has 0 saturated heterocycles. The smallest absolute Gasteiger partial charge is 0.328 e. The van der Waals surface area contributed by atoms with Gasteiger partial charge in [-0.2, -0.15) is 0 Å². The maximum atomic E-state index is 13.0. The molecule has 0 aliphatic rings. The minimum absolute atomic E-state index is 0.00465. The first-order chi connectivity index (χ1) is 9.48. The van der Waals surface area contributed by atoms with Crippen LogP contribution in [-0.2, 0) is 19.7 Å². The van der Waals surface area contributed by atoms with Gasteiger partial charge in [-0.25, -0.2) is 4.39 Å². The highest BCUT2D eigenvalue weighted by Gasteiger charge is 2.48. The zero-order valence-electron chi connectivity index (χ0n) is 11.1. The summed E-state index contributed by atoms with van der Waals surface area (Å²) in [5, 5.41) is 9.45. The molecular weight excluding hydrogens is 270 g/mol.